The summed E-state index contributed by atoms with van der Waals surface area (Å²) in [6.07, 6.45) is 9.81. The highest BCUT2D eigenvalue weighted by molar-refractivity contribution is 5.95. The van der Waals surface area contributed by atoms with Crippen LogP contribution in [0, 0.1) is 34.5 Å². The third kappa shape index (κ3) is 1.71. The second kappa shape index (κ2) is 4.43. The molecule has 4 saturated carbocycles. The van der Waals surface area contributed by atoms with Crippen molar-refractivity contribution in [3.63, 3.8) is 0 Å². The van der Waals surface area contributed by atoms with E-state index in [1.54, 1.807) is 0 Å². The van der Waals surface area contributed by atoms with Crippen molar-refractivity contribution >= 4 is 11.6 Å². The van der Waals surface area contributed by atoms with Crippen molar-refractivity contribution in [3.8, 4) is 0 Å². The molecule has 4 rings (SSSR count). The van der Waals surface area contributed by atoms with E-state index in [0.29, 0.717) is 41.2 Å². The number of hydrogen-bond donors (Lipinski definition) is 0. The summed E-state index contributed by atoms with van der Waals surface area (Å²) in [5, 5.41) is 0. The van der Waals surface area contributed by atoms with Gasteiger partial charge < -0.3 is 0 Å². The average Bonchev–Trinajstić information content (AvgIpc) is 2.83. The molecule has 0 aromatic heterocycles. The Kier molecular flexibility index (Phi) is 2.94. The van der Waals surface area contributed by atoms with Crippen molar-refractivity contribution in [2.75, 3.05) is 0 Å². The Morgan fingerprint density at radius 1 is 0.952 bits per heavy atom. The normalized spacial score (nSPS) is 53.0. The highest BCUT2D eigenvalue weighted by Gasteiger charge is 2.62. The lowest BCUT2D eigenvalue weighted by molar-refractivity contribution is -0.164. The van der Waals surface area contributed by atoms with Gasteiger partial charge in [-0.3, -0.25) is 9.59 Å². The predicted molar refractivity (Wildman–Crippen MR) is 81.7 cm³/mol. The highest BCUT2D eigenvalue weighted by Crippen LogP contribution is 2.64. The summed E-state index contributed by atoms with van der Waals surface area (Å²) in [5.74, 6) is 2.57. The zero-order valence-electron chi connectivity index (χ0n) is 13.5. The molecule has 21 heavy (non-hydrogen) atoms. The predicted octanol–water partition coefficient (Wildman–Crippen LogP) is 4.17. The first-order valence-corrected chi connectivity index (χ1v) is 9.03. The van der Waals surface area contributed by atoms with Crippen LogP contribution in [0.3, 0.4) is 0 Å². The van der Waals surface area contributed by atoms with Gasteiger partial charge in [0.15, 0.2) is 0 Å². The van der Waals surface area contributed by atoms with Crippen molar-refractivity contribution in [1.29, 1.82) is 0 Å². The van der Waals surface area contributed by atoms with Crippen LogP contribution in [0.1, 0.15) is 71.6 Å². The molecule has 0 aromatic carbocycles. The molecule has 116 valence electrons. The highest BCUT2D eigenvalue weighted by atomic mass is 16.1. The first kappa shape index (κ1) is 14.0. The van der Waals surface area contributed by atoms with Crippen LogP contribution < -0.4 is 0 Å². The Balaban J connectivity index is 1.74. The Hall–Kier alpha value is -0.660. The standard InChI is InChI=1S/C19H28O2/c1-18-9-4-6-13(18)12-11-16(20)15-5-3-7-17(21)19(15,2)14(12)8-10-18/h12-15H,3-11H2,1-2H3/t12-,13-,14-,15+,18-,19+/m0/s1. The molecule has 2 heteroatoms. The van der Waals surface area contributed by atoms with E-state index < -0.39 is 0 Å². The van der Waals surface area contributed by atoms with E-state index in [0.717, 1.165) is 19.3 Å². The molecule has 0 saturated heterocycles. The SMILES string of the molecule is C[C@@]12CCC[C@H]1[C@@H]1CC(=O)[C@H]3CCCC(=O)[C@]3(C)[C@H]1CC2. The second-order valence-electron chi connectivity index (χ2n) is 8.78. The molecule has 0 spiro atoms. The third-order valence-electron chi connectivity index (χ3n) is 8.04. The molecular weight excluding hydrogens is 260 g/mol. The summed E-state index contributed by atoms with van der Waals surface area (Å²) in [5.41, 5.74) is 0.143. The Bertz CT molecular complexity index is 496. The van der Waals surface area contributed by atoms with Gasteiger partial charge in [0.1, 0.15) is 11.6 Å². The fourth-order valence-corrected chi connectivity index (χ4v) is 6.88. The maximum Gasteiger partial charge on any atom is 0.139 e. The number of fused-ring (bicyclic) bond motifs is 5. The van der Waals surface area contributed by atoms with Gasteiger partial charge in [0.05, 0.1) is 0 Å². The maximum absolute atomic E-state index is 12.8. The van der Waals surface area contributed by atoms with Crippen molar-refractivity contribution in [2.24, 2.45) is 34.5 Å². The van der Waals surface area contributed by atoms with Crippen LogP contribution in [-0.2, 0) is 9.59 Å². The molecule has 6 atom stereocenters. The molecule has 0 aliphatic heterocycles. The van der Waals surface area contributed by atoms with Gasteiger partial charge in [-0.2, -0.15) is 0 Å². The van der Waals surface area contributed by atoms with Crippen molar-refractivity contribution in [1.82, 2.24) is 0 Å². The van der Waals surface area contributed by atoms with Gasteiger partial charge in [-0.1, -0.05) is 20.3 Å². The number of rotatable bonds is 0. The van der Waals surface area contributed by atoms with E-state index in [1.165, 1.54) is 32.1 Å². The van der Waals surface area contributed by atoms with Gasteiger partial charge in [0.25, 0.3) is 0 Å². The summed E-state index contributed by atoms with van der Waals surface area (Å²) in [6, 6.07) is 0. The van der Waals surface area contributed by atoms with Gasteiger partial charge in [-0.25, -0.2) is 0 Å². The fourth-order valence-electron chi connectivity index (χ4n) is 6.88. The fraction of sp³-hybridized carbons (Fsp3) is 0.895. The molecule has 0 bridgehead atoms. The van der Waals surface area contributed by atoms with Crippen molar-refractivity contribution in [2.45, 2.75) is 71.6 Å². The molecule has 0 amide bonds. The molecule has 0 heterocycles. The molecule has 0 aromatic rings. The molecule has 0 radical (unpaired) electrons. The number of ketones is 2. The molecule has 4 fully saturated rings. The minimum atomic E-state index is -0.317. The quantitative estimate of drug-likeness (QED) is 0.670. The minimum Gasteiger partial charge on any atom is -0.299 e. The monoisotopic (exact) mass is 288 g/mol. The smallest absolute Gasteiger partial charge is 0.139 e. The molecule has 2 nitrogen and oxygen atoms in total. The number of carbonyl (C=O) groups is 2. The van der Waals surface area contributed by atoms with E-state index >= 15 is 0 Å². The lowest BCUT2D eigenvalue weighted by atomic mass is 9.45. The summed E-state index contributed by atoms with van der Waals surface area (Å²) in [7, 11) is 0. The van der Waals surface area contributed by atoms with Crippen LogP contribution in [0.25, 0.3) is 0 Å². The topological polar surface area (TPSA) is 34.1 Å². The third-order valence-corrected chi connectivity index (χ3v) is 8.04. The van der Waals surface area contributed by atoms with Crippen LogP contribution in [0.2, 0.25) is 0 Å². The first-order valence-electron chi connectivity index (χ1n) is 9.03. The number of hydrogen-bond acceptors (Lipinski definition) is 2. The molecule has 0 unspecified atom stereocenters. The van der Waals surface area contributed by atoms with Gasteiger partial charge in [0, 0.05) is 24.2 Å². The van der Waals surface area contributed by atoms with E-state index in [2.05, 4.69) is 13.8 Å². The van der Waals surface area contributed by atoms with Crippen LogP contribution in [0.4, 0.5) is 0 Å². The lowest BCUT2D eigenvalue weighted by Crippen LogP contribution is -2.58. The summed E-state index contributed by atoms with van der Waals surface area (Å²) in [6.45, 7) is 4.61. The molecular formula is C19H28O2. The minimum absolute atomic E-state index is 0.0470. The maximum atomic E-state index is 12.8. The zero-order chi connectivity index (χ0) is 14.8. The molecule has 4 aliphatic carbocycles. The first-order chi connectivity index (χ1) is 9.97. The average molecular weight is 288 g/mol. The van der Waals surface area contributed by atoms with Crippen molar-refractivity contribution < 1.29 is 9.59 Å². The van der Waals surface area contributed by atoms with E-state index in [1.807, 2.05) is 0 Å². The van der Waals surface area contributed by atoms with E-state index in [4.69, 9.17) is 0 Å². The lowest BCUT2D eigenvalue weighted by Gasteiger charge is -2.58. The van der Waals surface area contributed by atoms with E-state index in [9.17, 15) is 9.59 Å². The number of Topliss-reactive ketones (excluding diaryl/α,β-unsaturated/α-hetero) is 2. The van der Waals surface area contributed by atoms with Crippen LogP contribution >= 0.6 is 0 Å². The van der Waals surface area contributed by atoms with E-state index in [-0.39, 0.29) is 11.3 Å². The van der Waals surface area contributed by atoms with Gasteiger partial charge in [0.2, 0.25) is 0 Å². The largest absolute Gasteiger partial charge is 0.299 e. The summed E-state index contributed by atoms with van der Waals surface area (Å²) >= 11 is 0. The van der Waals surface area contributed by atoms with Crippen molar-refractivity contribution in [3.05, 3.63) is 0 Å². The zero-order valence-corrected chi connectivity index (χ0v) is 13.5. The van der Waals surface area contributed by atoms with Crippen LogP contribution in [-0.4, -0.2) is 11.6 Å². The second-order valence-corrected chi connectivity index (χ2v) is 8.78. The van der Waals surface area contributed by atoms with Gasteiger partial charge in [-0.15, -0.1) is 0 Å². The summed E-state index contributed by atoms with van der Waals surface area (Å²) in [4.78, 5) is 25.5. The Morgan fingerprint density at radius 3 is 2.57 bits per heavy atom. The van der Waals surface area contributed by atoms with Crippen LogP contribution in [0.5, 0.6) is 0 Å². The Labute approximate surface area is 128 Å². The Morgan fingerprint density at radius 2 is 1.76 bits per heavy atom. The molecule has 0 N–H and O–H groups in total. The number of carbonyl (C=O) groups excluding carboxylic acids is 2. The molecule has 4 aliphatic rings. The van der Waals surface area contributed by atoms with Gasteiger partial charge >= 0.3 is 0 Å². The van der Waals surface area contributed by atoms with Crippen LogP contribution in [0.15, 0.2) is 0 Å². The van der Waals surface area contributed by atoms with Gasteiger partial charge in [-0.05, 0) is 61.7 Å². The summed E-state index contributed by atoms with van der Waals surface area (Å²) < 4.78 is 0.